The van der Waals surface area contributed by atoms with Crippen LogP contribution in [0.3, 0.4) is 0 Å². The van der Waals surface area contributed by atoms with Crippen molar-refractivity contribution < 1.29 is 18.0 Å². The van der Waals surface area contributed by atoms with Crippen LogP contribution in [0.25, 0.3) is 0 Å². The quantitative estimate of drug-likeness (QED) is 0.632. The molecule has 0 atom stereocenters. The maximum Gasteiger partial charge on any atom is 0.417 e. The molecule has 2 nitrogen and oxygen atoms in total. The van der Waals surface area contributed by atoms with Gasteiger partial charge in [-0.05, 0) is 30.3 Å². The van der Waals surface area contributed by atoms with Gasteiger partial charge in [-0.1, -0.05) is 29.3 Å². The molecule has 0 aliphatic heterocycles. The first-order valence-electron chi connectivity index (χ1n) is 5.67. The SMILES string of the molecule is Nc1cccc(C(=O)c2ccc(Cl)c(C(F)(F)F)c2)c1Cl. The number of anilines is 1. The summed E-state index contributed by atoms with van der Waals surface area (Å²) in [7, 11) is 0. The molecule has 0 bridgehead atoms. The fourth-order valence-corrected chi connectivity index (χ4v) is 2.20. The number of benzene rings is 2. The van der Waals surface area contributed by atoms with E-state index in [9.17, 15) is 18.0 Å². The van der Waals surface area contributed by atoms with E-state index in [0.29, 0.717) is 6.07 Å². The molecule has 110 valence electrons. The second kappa shape index (κ2) is 5.58. The van der Waals surface area contributed by atoms with Crippen LogP contribution in [0.5, 0.6) is 0 Å². The van der Waals surface area contributed by atoms with Crippen molar-refractivity contribution in [3.63, 3.8) is 0 Å². The Labute approximate surface area is 128 Å². The minimum Gasteiger partial charge on any atom is -0.398 e. The van der Waals surface area contributed by atoms with Gasteiger partial charge in [0.25, 0.3) is 0 Å². The largest absolute Gasteiger partial charge is 0.417 e. The van der Waals surface area contributed by atoms with Crippen molar-refractivity contribution in [1.29, 1.82) is 0 Å². The molecule has 0 amide bonds. The van der Waals surface area contributed by atoms with Gasteiger partial charge >= 0.3 is 6.18 Å². The summed E-state index contributed by atoms with van der Waals surface area (Å²) in [6, 6.07) is 7.31. The van der Waals surface area contributed by atoms with Gasteiger partial charge < -0.3 is 5.73 Å². The van der Waals surface area contributed by atoms with Crippen LogP contribution in [0, 0.1) is 0 Å². The number of halogens is 5. The second-order valence-corrected chi connectivity index (χ2v) is 5.02. The average Bonchev–Trinajstić information content (AvgIpc) is 2.40. The summed E-state index contributed by atoms with van der Waals surface area (Å²) in [6.45, 7) is 0. The van der Waals surface area contributed by atoms with Crippen LogP contribution in [0.4, 0.5) is 18.9 Å². The van der Waals surface area contributed by atoms with Crippen molar-refractivity contribution in [1.82, 2.24) is 0 Å². The van der Waals surface area contributed by atoms with Gasteiger partial charge in [0, 0.05) is 11.1 Å². The van der Waals surface area contributed by atoms with Crippen LogP contribution in [-0.2, 0) is 6.18 Å². The number of carbonyl (C=O) groups is 1. The van der Waals surface area contributed by atoms with Gasteiger partial charge in [-0.2, -0.15) is 13.2 Å². The number of alkyl halides is 3. The molecule has 0 aliphatic carbocycles. The Kier molecular flexibility index (Phi) is 4.16. The lowest BCUT2D eigenvalue weighted by Gasteiger charge is -2.11. The highest BCUT2D eigenvalue weighted by atomic mass is 35.5. The Balaban J connectivity index is 2.52. The molecule has 0 aliphatic rings. The summed E-state index contributed by atoms with van der Waals surface area (Å²) in [5, 5.41) is -0.469. The van der Waals surface area contributed by atoms with Gasteiger partial charge in [0.1, 0.15) is 0 Å². The van der Waals surface area contributed by atoms with Gasteiger partial charge in [0.15, 0.2) is 5.78 Å². The number of nitrogens with two attached hydrogens (primary N) is 1. The lowest BCUT2D eigenvalue weighted by Crippen LogP contribution is -2.09. The van der Waals surface area contributed by atoms with E-state index < -0.39 is 22.5 Å². The van der Waals surface area contributed by atoms with Crippen LogP contribution in [-0.4, -0.2) is 5.78 Å². The van der Waals surface area contributed by atoms with Crippen LogP contribution < -0.4 is 5.73 Å². The lowest BCUT2D eigenvalue weighted by atomic mass is 10.0. The van der Waals surface area contributed by atoms with Gasteiger partial charge in [-0.15, -0.1) is 0 Å². The molecule has 2 aromatic rings. The Morgan fingerprint density at radius 3 is 2.38 bits per heavy atom. The first-order chi connectivity index (χ1) is 9.71. The molecule has 2 rings (SSSR count). The summed E-state index contributed by atoms with van der Waals surface area (Å²) in [5.41, 5.74) is 4.54. The van der Waals surface area contributed by atoms with Gasteiger partial charge in [0.2, 0.25) is 0 Å². The summed E-state index contributed by atoms with van der Waals surface area (Å²) in [4.78, 5) is 12.3. The lowest BCUT2D eigenvalue weighted by molar-refractivity contribution is -0.137. The van der Waals surface area contributed by atoms with Crippen LogP contribution >= 0.6 is 23.2 Å². The molecular formula is C14H8Cl2F3NO. The van der Waals surface area contributed by atoms with Crippen LogP contribution in [0.2, 0.25) is 10.0 Å². The molecule has 0 radical (unpaired) electrons. The van der Waals surface area contributed by atoms with E-state index in [-0.39, 0.29) is 21.8 Å². The molecule has 7 heteroatoms. The zero-order chi connectivity index (χ0) is 15.8. The van der Waals surface area contributed by atoms with E-state index in [0.717, 1.165) is 6.07 Å². The molecule has 21 heavy (non-hydrogen) atoms. The van der Waals surface area contributed by atoms with Crippen molar-refractivity contribution in [3.8, 4) is 0 Å². The highest BCUT2D eigenvalue weighted by molar-refractivity contribution is 6.37. The maximum atomic E-state index is 12.8. The van der Waals surface area contributed by atoms with E-state index in [2.05, 4.69) is 0 Å². The number of hydrogen-bond donors (Lipinski definition) is 1. The zero-order valence-corrected chi connectivity index (χ0v) is 11.9. The van der Waals surface area contributed by atoms with Gasteiger partial charge in [0.05, 0.1) is 21.3 Å². The summed E-state index contributed by atoms with van der Waals surface area (Å²) >= 11 is 11.4. The molecule has 0 saturated heterocycles. The second-order valence-electron chi connectivity index (χ2n) is 4.23. The van der Waals surface area contributed by atoms with Crippen molar-refractivity contribution in [2.24, 2.45) is 0 Å². The highest BCUT2D eigenvalue weighted by Crippen LogP contribution is 2.36. The van der Waals surface area contributed by atoms with Gasteiger partial charge in [-0.3, -0.25) is 4.79 Å². The Hall–Kier alpha value is -1.72. The average molecular weight is 334 g/mol. The van der Waals surface area contributed by atoms with E-state index in [1.165, 1.54) is 24.3 Å². The first-order valence-corrected chi connectivity index (χ1v) is 6.43. The van der Waals surface area contributed by atoms with Crippen LogP contribution in [0.1, 0.15) is 21.5 Å². The monoisotopic (exact) mass is 333 g/mol. The fourth-order valence-electron chi connectivity index (χ4n) is 1.76. The first kappa shape index (κ1) is 15.7. The molecule has 0 saturated carbocycles. The van der Waals surface area contributed by atoms with Crippen molar-refractivity contribution in [2.45, 2.75) is 6.18 Å². The number of hydrogen-bond acceptors (Lipinski definition) is 2. The summed E-state index contributed by atoms with van der Waals surface area (Å²) in [5.74, 6) is -0.658. The third-order valence-electron chi connectivity index (χ3n) is 2.81. The molecular weight excluding hydrogens is 326 g/mol. The zero-order valence-electron chi connectivity index (χ0n) is 10.3. The number of nitrogen functional groups attached to an aromatic ring is 1. The van der Waals surface area contributed by atoms with Crippen molar-refractivity contribution in [2.75, 3.05) is 5.73 Å². The number of rotatable bonds is 2. The van der Waals surface area contributed by atoms with E-state index in [1.807, 2.05) is 0 Å². The van der Waals surface area contributed by atoms with Gasteiger partial charge in [-0.25, -0.2) is 0 Å². The molecule has 0 aromatic heterocycles. The normalized spacial score (nSPS) is 11.5. The Morgan fingerprint density at radius 2 is 1.76 bits per heavy atom. The molecule has 0 unspecified atom stereocenters. The number of ketones is 1. The Bertz CT molecular complexity index is 714. The molecule has 2 N–H and O–H groups in total. The van der Waals surface area contributed by atoms with Crippen molar-refractivity contribution >= 4 is 34.7 Å². The summed E-state index contributed by atoms with van der Waals surface area (Å²) < 4.78 is 38.4. The van der Waals surface area contributed by atoms with Crippen LogP contribution in [0.15, 0.2) is 36.4 Å². The van der Waals surface area contributed by atoms with E-state index in [1.54, 1.807) is 0 Å². The minimum absolute atomic E-state index is 0.00556. The fraction of sp³-hybridized carbons (Fsp3) is 0.0714. The predicted octanol–water partition coefficient (Wildman–Crippen LogP) is 4.83. The third-order valence-corrected chi connectivity index (χ3v) is 3.56. The standard InChI is InChI=1S/C14H8Cl2F3NO/c15-10-5-4-7(6-9(10)14(17,18)19)13(21)8-2-1-3-11(20)12(8)16/h1-6H,20H2. The topological polar surface area (TPSA) is 43.1 Å². The Morgan fingerprint density at radius 1 is 1.10 bits per heavy atom. The molecule has 2 aromatic carbocycles. The third kappa shape index (κ3) is 3.14. The maximum absolute atomic E-state index is 12.8. The molecule has 0 spiro atoms. The minimum atomic E-state index is -4.65. The number of carbonyl (C=O) groups excluding carboxylic acids is 1. The molecule has 0 heterocycles. The van der Waals surface area contributed by atoms with Crippen molar-refractivity contribution in [3.05, 3.63) is 63.1 Å². The molecule has 0 fully saturated rings. The predicted molar refractivity (Wildman–Crippen MR) is 75.8 cm³/mol. The van der Waals surface area contributed by atoms with E-state index >= 15 is 0 Å². The summed E-state index contributed by atoms with van der Waals surface area (Å²) in [6.07, 6.45) is -4.65. The van der Waals surface area contributed by atoms with E-state index in [4.69, 9.17) is 28.9 Å². The highest BCUT2D eigenvalue weighted by Gasteiger charge is 2.34. The smallest absolute Gasteiger partial charge is 0.398 e.